The average molecular weight is 479 g/mol. The molecule has 0 atom stereocenters. The Labute approximate surface area is 191 Å². The van der Waals surface area contributed by atoms with Crippen LogP contribution in [0.15, 0.2) is 71.6 Å². The van der Waals surface area contributed by atoms with Gasteiger partial charge in [-0.3, -0.25) is 9.52 Å². The summed E-state index contributed by atoms with van der Waals surface area (Å²) >= 11 is 11.9. The van der Waals surface area contributed by atoms with Gasteiger partial charge in [-0.1, -0.05) is 47.5 Å². The van der Waals surface area contributed by atoms with Crippen LogP contribution >= 0.6 is 23.2 Å². The Kier molecular flexibility index (Phi) is 7.43. The van der Waals surface area contributed by atoms with Gasteiger partial charge in [-0.25, -0.2) is 8.42 Å². The molecule has 2 N–H and O–H groups in total. The highest BCUT2D eigenvalue weighted by Gasteiger charge is 2.16. The molecule has 0 unspecified atom stereocenters. The number of sulfonamides is 1. The predicted molar refractivity (Wildman–Crippen MR) is 122 cm³/mol. The molecule has 3 rings (SSSR count). The van der Waals surface area contributed by atoms with Crippen molar-refractivity contribution >= 4 is 44.8 Å². The molecule has 6 nitrogen and oxygen atoms in total. The Morgan fingerprint density at radius 2 is 1.74 bits per heavy atom. The molecule has 0 aliphatic heterocycles. The summed E-state index contributed by atoms with van der Waals surface area (Å²) in [6.45, 7) is 1.72. The zero-order valence-electron chi connectivity index (χ0n) is 16.6. The van der Waals surface area contributed by atoms with Gasteiger partial charge in [0.25, 0.3) is 15.9 Å². The molecule has 162 valence electrons. The maximum absolute atomic E-state index is 12.6. The molecule has 3 aromatic rings. The van der Waals surface area contributed by atoms with Crippen LogP contribution < -0.4 is 14.8 Å². The van der Waals surface area contributed by atoms with Crippen molar-refractivity contribution in [1.29, 1.82) is 0 Å². The lowest BCUT2D eigenvalue weighted by atomic mass is 10.2. The summed E-state index contributed by atoms with van der Waals surface area (Å²) in [5.74, 6) is 0.0752. The Bertz CT molecular complexity index is 1190. The molecular weight excluding hydrogens is 459 g/mol. The number of amides is 1. The van der Waals surface area contributed by atoms with Crippen LogP contribution in [0, 0.1) is 6.92 Å². The van der Waals surface area contributed by atoms with Crippen molar-refractivity contribution in [2.75, 3.05) is 11.3 Å². The number of rotatable bonds is 8. The van der Waals surface area contributed by atoms with Gasteiger partial charge in [0.1, 0.15) is 5.75 Å². The van der Waals surface area contributed by atoms with Gasteiger partial charge in [0, 0.05) is 22.3 Å². The second-order valence-electron chi connectivity index (χ2n) is 6.70. The van der Waals surface area contributed by atoms with Crippen LogP contribution in [0.3, 0.4) is 0 Å². The molecule has 0 aliphatic carbocycles. The number of para-hydroxylation sites is 1. The van der Waals surface area contributed by atoms with E-state index in [4.69, 9.17) is 27.9 Å². The van der Waals surface area contributed by atoms with Crippen LogP contribution in [0.2, 0.25) is 10.0 Å². The molecule has 0 spiro atoms. The molecule has 0 bridgehead atoms. The van der Waals surface area contributed by atoms with Crippen molar-refractivity contribution in [2.45, 2.75) is 18.4 Å². The van der Waals surface area contributed by atoms with E-state index >= 15 is 0 Å². The van der Waals surface area contributed by atoms with E-state index in [-0.39, 0.29) is 24.0 Å². The lowest BCUT2D eigenvalue weighted by Gasteiger charge is -2.12. The van der Waals surface area contributed by atoms with Crippen molar-refractivity contribution in [3.05, 3.63) is 87.9 Å². The van der Waals surface area contributed by atoms with Crippen molar-refractivity contribution < 1.29 is 17.9 Å². The highest BCUT2D eigenvalue weighted by molar-refractivity contribution is 7.92. The van der Waals surface area contributed by atoms with Crippen LogP contribution in [0.4, 0.5) is 5.69 Å². The zero-order chi connectivity index (χ0) is 22.4. The first-order valence-electron chi connectivity index (χ1n) is 9.26. The van der Waals surface area contributed by atoms with Gasteiger partial charge in [-0.15, -0.1) is 0 Å². The van der Waals surface area contributed by atoms with Crippen molar-refractivity contribution in [3.63, 3.8) is 0 Å². The van der Waals surface area contributed by atoms with E-state index in [9.17, 15) is 13.2 Å². The molecule has 3 aromatic carbocycles. The first-order chi connectivity index (χ1) is 14.7. The van der Waals surface area contributed by atoms with Crippen molar-refractivity contribution in [1.82, 2.24) is 5.32 Å². The molecule has 0 aromatic heterocycles. The third-order valence-electron chi connectivity index (χ3n) is 4.33. The minimum Gasteiger partial charge on any atom is -0.484 e. The highest BCUT2D eigenvalue weighted by Crippen LogP contribution is 2.24. The summed E-state index contributed by atoms with van der Waals surface area (Å²) in [6.07, 6.45) is 0. The monoisotopic (exact) mass is 478 g/mol. The number of anilines is 1. The smallest absolute Gasteiger partial charge is 0.261 e. The Morgan fingerprint density at radius 1 is 1.00 bits per heavy atom. The number of hydrogen-bond donors (Lipinski definition) is 2. The molecule has 0 radical (unpaired) electrons. The third-order valence-corrected chi connectivity index (χ3v) is 6.30. The van der Waals surface area contributed by atoms with Gasteiger partial charge in [-0.2, -0.15) is 0 Å². The fourth-order valence-electron chi connectivity index (χ4n) is 2.72. The van der Waals surface area contributed by atoms with Gasteiger partial charge < -0.3 is 10.1 Å². The van der Waals surface area contributed by atoms with Crippen molar-refractivity contribution in [3.8, 4) is 5.75 Å². The number of benzene rings is 3. The van der Waals surface area contributed by atoms with Gasteiger partial charge in [0.2, 0.25) is 0 Å². The largest absolute Gasteiger partial charge is 0.484 e. The van der Waals surface area contributed by atoms with E-state index < -0.39 is 10.0 Å². The van der Waals surface area contributed by atoms with E-state index in [1.807, 2.05) is 0 Å². The minimum absolute atomic E-state index is 0.100. The lowest BCUT2D eigenvalue weighted by Crippen LogP contribution is -2.28. The van der Waals surface area contributed by atoms with Gasteiger partial charge >= 0.3 is 0 Å². The molecule has 9 heteroatoms. The second-order valence-corrected chi connectivity index (χ2v) is 9.23. The molecule has 0 heterocycles. The lowest BCUT2D eigenvalue weighted by molar-refractivity contribution is -0.123. The summed E-state index contributed by atoms with van der Waals surface area (Å²) in [5.41, 5.74) is 1.79. The number of aryl methyl sites for hydroxylation is 1. The van der Waals surface area contributed by atoms with Crippen LogP contribution in [0.1, 0.15) is 11.1 Å². The highest BCUT2D eigenvalue weighted by atomic mass is 35.5. The Hall–Kier alpha value is -2.74. The summed E-state index contributed by atoms with van der Waals surface area (Å²) < 4.78 is 33.2. The first-order valence-corrected chi connectivity index (χ1v) is 11.5. The summed E-state index contributed by atoms with van der Waals surface area (Å²) in [4.78, 5) is 12.2. The van der Waals surface area contributed by atoms with Crippen LogP contribution in [0.5, 0.6) is 5.75 Å². The Morgan fingerprint density at radius 3 is 2.42 bits per heavy atom. The van der Waals surface area contributed by atoms with E-state index in [1.165, 1.54) is 18.2 Å². The molecule has 1 amide bonds. The second kappa shape index (κ2) is 10.0. The van der Waals surface area contributed by atoms with Gasteiger partial charge in [0.05, 0.1) is 4.90 Å². The van der Waals surface area contributed by atoms with Crippen molar-refractivity contribution in [2.24, 2.45) is 0 Å². The fraction of sp³-hybridized carbons (Fsp3) is 0.136. The first kappa shape index (κ1) is 22.9. The maximum atomic E-state index is 12.6. The van der Waals surface area contributed by atoms with E-state index in [1.54, 1.807) is 55.5 Å². The van der Waals surface area contributed by atoms with Gasteiger partial charge in [-0.05, 0) is 60.5 Å². The third kappa shape index (κ3) is 6.37. The molecule has 0 saturated heterocycles. The number of halogens is 2. The topological polar surface area (TPSA) is 84.5 Å². The molecule has 31 heavy (non-hydrogen) atoms. The van der Waals surface area contributed by atoms with Crippen LogP contribution in [0.25, 0.3) is 0 Å². The average Bonchev–Trinajstić information content (AvgIpc) is 2.72. The molecule has 0 fully saturated rings. The van der Waals surface area contributed by atoms with E-state index in [0.717, 1.165) is 5.56 Å². The number of hydrogen-bond acceptors (Lipinski definition) is 4. The minimum atomic E-state index is -3.74. The normalized spacial score (nSPS) is 11.1. The van der Waals surface area contributed by atoms with Gasteiger partial charge in [0.15, 0.2) is 6.61 Å². The van der Waals surface area contributed by atoms with E-state index in [2.05, 4.69) is 10.0 Å². The quantitative estimate of drug-likeness (QED) is 0.486. The Balaban J connectivity index is 1.58. The molecule has 0 saturated carbocycles. The summed E-state index contributed by atoms with van der Waals surface area (Å²) in [6, 6.07) is 18.1. The SMILES string of the molecule is Cc1cc(S(=O)(=O)Nc2ccccc2)ccc1OCC(=O)NCc1ccc(Cl)cc1Cl. The van der Waals surface area contributed by atoms with Crippen LogP contribution in [-0.2, 0) is 21.4 Å². The van der Waals surface area contributed by atoms with Crippen LogP contribution in [-0.4, -0.2) is 20.9 Å². The van der Waals surface area contributed by atoms with E-state index in [0.29, 0.717) is 27.0 Å². The summed E-state index contributed by atoms with van der Waals surface area (Å²) in [7, 11) is -3.74. The number of nitrogens with one attached hydrogen (secondary N) is 2. The molecule has 0 aliphatic rings. The predicted octanol–water partition coefficient (Wildman–Crippen LogP) is 4.80. The fourth-order valence-corrected chi connectivity index (χ4v) is 4.34. The standard InChI is InChI=1S/C22H20Cl2N2O4S/c1-15-11-19(31(28,29)26-18-5-3-2-4-6-18)9-10-21(15)30-14-22(27)25-13-16-7-8-17(23)12-20(16)24/h2-12,26H,13-14H2,1H3,(H,25,27). The number of carbonyl (C=O) groups is 1. The summed E-state index contributed by atoms with van der Waals surface area (Å²) in [5, 5.41) is 3.69. The maximum Gasteiger partial charge on any atom is 0.261 e. The number of ether oxygens (including phenoxy) is 1. The number of carbonyl (C=O) groups excluding carboxylic acids is 1. The molecular formula is C22H20Cl2N2O4S. The zero-order valence-corrected chi connectivity index (χ0v) is 18.9.